The molecule has 1 heterocycles. The Kier molecular flexibility index (Phi) is 5.96. The molecule has 2 saturated carbocycles. The van der Waals surface area contributed by atoms with Gasteiger partial charge in [0.1, 0.15) is 11.4 Å². The van der Waals surface area contributed by atoms with Gasteiger partial charge in [0.25, 0.3) is 5.56 Å². The van der Waals surface area contributed by atoms with Crippen LogP contribution in [0.3, 0.4) is 0 Å². The first kappa shape index (κ1) is 21.9. The van der Waals surface area contributed by atoms with Gasteiger partial charge in [-0.2, -0.15) is 0 Å². The summed E-state index contributed by atoms with van der Waals surface area (Å²) in [6, 6.07) is -0.579. The highest BCUT2D eigenvalue weighted by molar-refractivity contribution is 5.96. The average Bonchev–Trinajstić information content (AvgIpc) is 2.65. The van der Waals surface area contributed by atoms with E-state index < -0.39 is 29.0 Å². The third-order valence-electron chi connectivity index (χ3n) is 6.97. The zero-order valence-electron chi connectivity index (χ0n) is 17.7. The Hall–Kier alpha value is -2.78. The lowest BCUT2D eigenvalue weighted by atomic mass is 9.57. The van der Waals surface area contributed by atoms with Crippen molar-refractivity contribution in [2.24, 2.45) is 16.9 Å². The Bertz CT molecular complexity index is 949. The number of rotatable bonds is 6. The Labute approximate surface area is 175 Å². The van der Waals surface area contributed by atoms with E-state index in [1.165, 1.54) is 4.57 Å². The van der Waals surface area contributed by atoms with Crippen LogP contribution in [0.4, 0.5) is 4.79 Å². The largest absolute Gasteiger partial charge is 0.494 e. The summed E-state index contributed by atoms with van der Waals surface area (Å²) in [5, 5.41) is 18.1. The highest BCUT2D eigenvalue weighted by Crippen LogP contribution is 2.54. The van der Waals surface area contributed by atoms with Gasteiger partial charge >= 0.3 is 11.7 Å². The van der Waals surface area contributed by atoms with Gasteiger partial charge in [-0.3, -0.25) is 19.3 Å². The van der Waals surface area contributed by atoms with Crippen molar-refractivity contribution in [3.63, 3.8) is 0 Å². The third kappa shape index (κ3) is 3.70. The molecular formula is C20H32N6O4. The molecule has 1 aromatic rings. The molecule has 0 bridgehead atoms. The molecule has 0 saturated heterocycles. The van der Waals surface area contributed by atoms with Crippen LogP contribution in [0.1, 0.15) is 69.9 Å². The van der Waals surface area contributed by atoms with Crippen LogP contribution >= 0.6 is 0 Å². The lowest BCUT2D eigenvalue weighted by molar-refractivity contribution is -0.0101. The van der Waals surface area contributed by atoms with Crippen molar-refractivity contribution in [1.82, 2.24) is 14.0 Å². The third-order valence-corrected chi connectivity index (χ3v) is 6.97. The summed E-state index contributed by atoms with van der Waals surface area (Å²) >= 11 is 0. The first-order valence-electron chi connectivity index (χ1n) is 10.6. The number of hydrogen-bond acceptors (Lipinski definition) is 5. The molecule has 1 aromatic heterocycles. The molecule has 10 nitrogen and oxygen atoms in total. The summed E-state index contributed by atoms with van der Waals surface area (Å²) in [6.45, 7) is 2.23. The fraction of sp³-hybridized carbons (Fsp3) is 0.700. The minimum Gasteiger partial charge on any atom is -0.494 e. The van der Waals surface area contributed by atoms with Gasteiger partial charge < -0.3 is 21.5 Å². The molecule has 166 valence electrons. The number of primary amides is 1. The van der Waals surface area contributed by atoms with Crippen LogP contribution in [-0.2, 0) is 6.54 Å². The second-order valence-electron chi connectivity index (χ2n) is 8.82. The first-order valence-corrected chi connectivity index (χ1v) is 10.6. The fourth-order valence-corrected chi connectivity index (χ4v) is 5.01. The predicted molar refractivity (Wildman–Crippen MR) is 113 cm³/mol. The minimum atomic E-state index is -0.696. The van der Waals surface area contributed by atoms with Crippen molar-refractivity contribution in [1.29, 1.82) is 5.41 Å². The lowest BCUT2D eigenvalue weighted by Gasteiger charge is -2.53. The Balaban J connectivity index is 1.85. The molecule has 2 aliphatic rings. The molecule has 0 atom stereocenters. The van der Waals surface area contributed by atoms with E-state index in [-0.39, 0.29) is 29.6 Å². The molecule has 0 unspecified atom stereocenters. The summed E-state index contributed by atoms with van der Waals surface area (Å²) in [4.78, 5) is 38.9. The number of nitrogens with one attached hydrogen (secondary N) is 1. The monoisotopic (exact) mass is 420 g/mol. The number of amides is 2. The second-order valence-corrected chi connectivity index (χ2v) is 8.82. The summed E-state index contributed by atoms with van der Waals surface area (Å²) in [5.74, 6) is -1.06. The standard InChI is InChI=1S/C20H32N6O4/c1-3-4-9-25-16(27)14(15(21)22)17(28)26(19(25)30)12-5-7-20(8-6-12)10-13(11-20)24(2)18(23)29/h12-13,27H,3-11H2,1-2H3,(H3,21,22)(H2,23,29). The molecule has 3 rings (SSSR count). The van der Waals surface area contributed by atoms with Crippen LogP contribution in [0.15, 0.2) is 9.59 Å². The second kappa shape index (κ2) is 8.16. The molecule has 0 aromatic carbocycles. The number of unbranched alkanes of at least 4 members (excludes halogenated alkanes) is 1. The maximum absolute atomic E-state index is 13.0. The number of carbonyl (C=O) groups is 1. The van der Waals surface area contributed by atoms with Crippen molar-refractivity contribution in [3.05, 3.63) is 26.4 Å². The molecule has 0 radical (unpaired) electrons. The van der Waals surface area contributed by atoms with Crippen LogP contribution in [0.2, 0.25) is 0 Å². The zero-order valence-corrected chi connectivity index (χ0v) is 17.7. The smallest absolute Gasteiger partial charge is 0.334 e. The zero-order chi connectivity index (χ0) is 22.2. The number of nitrogens with zero attached hydrogens (tertiary/aromatic N) is 3. The SMILES string of the molecule is CCCCn1c(O)c(C(=N)N)c(=O)n(C2CCC3(CC2)CC(N(C)C(N)=O)C3)c1=O. The van der Waals surface area contributed by atoms with Crippen LogP contribution < -0.4 is 22.7 Å². The van der Waals surface area contributed by atoms with E-state index in [0.29, 0.717) is 19.3 Å². The number of nitrogens with two attached hydrogens (primary N) is 2. The number of nitrogen functional groups attached to an aromatic ring is 1. The van der Waals surface area contributed by atoms with Gasteiger partial charge in [-0.1, -0.05) is 13.3 Å². The van der Waals surface area contributed by atoms with Gasteiger partial charge in [0.2, 0.25) is 5.88 Å². The van der Waals surface area contributed by atoms with Crippen molar-refractivity contribution in [2.45, 2.75) is 76.9 Å². The van der Waals surface area contributed by atoms with Crippen LogP contribution in [-0.4, -0.2) is 44.1 Å². The van der Waals surface area contributed by atoms with Gasteiger partial charge in [-0.25, -0.2) is 9.59 Å². The number of carbonyl (C=O) groups excluding carboxylic acids is 1. The maximum atomic E-state index is 13.0. The average molecular weight is 421 g/mol. The molecule has 6 N–H and O–H groups in total. The van der Waals surface area contributed by atoms with E-state index in [1.807, 2.05) is 6.92 Å². The molecular weight excluding hydrogens is 388 g/mol. The quantitative estimate of drug-likeness (QED) is 0.399. The van der Waals surface area contributed by atoms with Gasteiger partial charge in [0.05, 0.1) is 0 Å². The summed E-state index contributed by atoms with van der Waals surface area (Å²) < 4.78 is 2.35. The highest BCUT2D eigenvalue weighted by Gasteiger charge is 2.48. The number of aromatic hydroxyl groups is 1. The van der Waals surface area contributed by atoms with Gasteiger partial charge in [0, 0.05) is 25.7 Å². The molecule has 2 aliphatic carbocycles. The Morgan fingerprint density at radius 2 is 1.87 bits per heavy atom. The summed E-state index contributed by atoms with van der Waals surface area (Å²) in [7, 11) is 1.71. The van der Waals surface area contributed by atoms with Crippen LogP contribution in [0, 0.1) is 10.8 Å². The van der Waals surface area contributed by atoms with Crippen molar-refractivity contribution < 1.29 is 9.90 Å². The molecule has 0 aliphatic heterocycles. The number of aromatic nitrogens is 2. The van der Waals surface area contributed by atoms with E-state index >= 15 is 0 Å². The number of amidine groups is 1. The van der Waals surface area contributed by atoms with E-state index in [1.54, 1.807) is 11.9 Å². The van der Waals surface area contributed by atoms with Gasteiger partial charge in [-0.15, -0.1) is 0 Å². The number of urea groups is 1. The van der Waals surface area contributed by atoms with Crippen molar-refractivity contribution in [2.75, 3.05) is 7.05 Å². The van der Waals surface area contributed by atoms with E-state index in [2.05, 4.69) is 0 Å². The normalized spacial score (nSPS) is 25.7. The van der Waals surface area contributed by atoms with E-state index in [9.17, 15) is 19.5 Å². The fourth-order valence-electron chi connectivity index (χ4n) is 5.01. The first-order chi connectivity index (χ1) is 14.1. The Morgan fingerprint density at radius 1 is 1.27 bits per heavy atom. The molecule has 30 heavy (non-hydrogen) atoms. The van der Waals surface area contributed by atoms with E-state index in [0.717, 1.165) is 36.7 Å². The predicted octanol–water partition coefficient (Wildman–Crippen LogP) is 1.07. The van der Waals surface area contributed by atoms with Crippen LogP contribution in [0.5, 0.6) is 5.88 Å². The van der Waals surface area contributed by atoms with Gasteiger partial charge in [0.15, 0.2) is 0 Å². The number of hydrogen-bond donors (Lipinski definition) is 4. The maximum Gasteiger partial charge on any atom is 0.334 e. The van der Waals surface area contributed by atoms with Crippen LogP contribution in [0.25, 0.3) is 0 Å². The minimum absolute atomic E-state index is 0.121. The summed E-state index contributed by atoms with van der Waals surface area (Å²) in [5.41, 5.74) is 9.49. The lowest BCUT2D eigenvalue weighted by Crippen LogP contribution is -2.54. The molecule has 2 amide bonds. The Morgan fingerprint density at radius 3 is 2.37 bits per heavy atom. The highest BCUT2D eigenvalue weighted by atomic mass is 16.3. The van der Waals surface area contributed by atoms with Crippen molar-refractivity contribution >= 4 is 11.9 Å². The molecule has 1 spiro atoms. The van der Waals surface area contributed by atoms with Gasteiger partial charge in [-0.05, 0) is 50.4 Å². The molecule has 10 heteroatoms. The van der Waals surface area contributed by atoms with Crippen molar-refractivity contribution in [3.8, 4) is 5.88 Å². The molecule has 2 fully saturated rings. The summed E-state index contributed by atoms with van der Waals surface area (Å²) in [6.07, 6.45) is 6.22. The van der Waals surface area contributed by atoms with E-state index in [4.69, 9.17) is 16.9 Å². The topological polar surface area (TPSA) is 160 Å².